The molecule has 0 bridgehead atoms. The average Bonchev–Trinajstić information content (AvgIpc) is 2.36. The first-order valence-electron chi connectivity index (χ1n) is 9.53. The van der Waals surface area contributed by atoms with Gasteiger partial charge in [-0.1, -0.05) is 69.2 Å². The molecule has 0 heterocycles. The molecule has 0 atom stereocenters. The Morgan fingerprint density at radius 1 is 0.500 bits per heavy atom. The van der Waals surface area contributed by atoms with Crippen LogP contribution in [0.15, 0.2) is 0 Å². The summed E-state index contributed by atoms with van der Waals surface area (Å²) in [6, 6.07) is 0. The monoisotopic (exact) mass is 328 g/mol. The highest BCUT2D eigenvalue weighted by molar-refractivity contribution is 6.24. The second-order valence-corrected chi connectivity index (χ2v) is 10.6. The average molecular weight is 329 g/mol. The summed E-state index contributed by atoms with van der Waals surface area (Å²) in [5.41, 5.74) is 0.720. The van der Waals surface area contributed by atoms with Gasteiger partial charge in [-0.2, -0.15) is 0 Å². The second kappa shape index (κ2) is 6.66. The lowest BCUT2D eigenvalue weighted by Crippen LogP contribution is -2.56. The van der Waals surface area contributed by atoms with Gasteiger partial charge in [-0.15, -0.1) is 11.6 Å². The van der Waals surface area contributed by atoms with E-state index in [1.54, 1.807) is 0 Å². The van der Waals surface area contributed by atoms with Gasteiger partial charge in [0.15, 0.2) is 0 Å². The minimum absolute atomic E-state index is 0.0542. The van der Waals surface area contributed by atoms with Gasteiger partial charge in [0.05, 0.1) is 0 Å². The molecule has 0 radical (unpaired) electrons. The van der Waals surface area contributed by atoms with Gasteiger partial charge < -0.3 is 0 Å². The van der Waals surface area contributed by atoms with Gasteiger partial charge in [-0.3, -0.25) is 0 Å². The van der Waals surface area contributed by atoms with Crippen LogP contribution >= 0.6 is 11.6 Å². The van der Waals surface area contributed by atoms with Crippen molar-refractivity contribution in [2.45, 2.75) is 93.4 Å². The Hall–Kier alpha value is 0.290. The predicted octanol–water partition coefficient (Wildman–Crippen LogP) is 7.40. The minimum Gasteiger partial charge on any atom is -0.119 e. The summed E-state index contributed by atoms with van der Waals surface area (Å²) in [6.07, 6.45) is 3.69. The van der Waals surface area contributed by atoms with E-state index in [0.717, 1.165) is 0 Å². The molecule has 0 spiro atoms. The quantitative estimate of drug-likeness (QED) is 0.461. The summed E-state index contributed by atoms with van der Waals surface area (Å²) in [5.74, 6) is 3.26. The van der Waals surface area contributed by atoms with E-state index < -0.39 is 0 Å². The Morgan fingerprint density at radius 2 is 0.773 bits per heavy atom. The maximum absolute atomic E-state index is 7.35. The fraction of sp³-hybridized carbons (Fsp3) is 1.00. The summed E-state index contributed by atoms with van der Waals surface area (Å²) < 4.78 is 0. The summed E-state index contributed by atoms with van der Waals surface area (Å²) >= 11 is 7.35. The first-order valence-corrected chi connectivity index (χ1v) is 9.91. The predicted molar refractivity (Wildman–Crippen MR) is 101 cm³/mol. The Bertz CT molecular complexity index is 318. The van der Waals surface area contributed by atoms with E-state index in [4.69, 9.17) is 11.6 Å². The topological polar surface area (TPSA) is 0 Å². The lowest BCUT2D eigenvalue weighted by Gasteiger charge is -2.62. The zero-order valence-electron chi connectivity index (χ0n) is 16.9. The van der Waals surface area contributed by atoms with Gasteiger partial charge >= 0.3 is 0 Å². The smallest absolute Gasteiger partial charge is 0.0480 e. The fourth-order valence-electron chi connectivity index (χ4n) is 5.27. The van der Waals surface area contributed by atoms with Crippen LogP contribution < -0.4 is 0 Å². The molecule has 1 heteroatoms. The normalized spacial score (nSPS) is 24.0. The molecular formula is C21H41Cl. The number of hydrogen-bond donors (Lipinski definition) is 0. The van der Waals surface area contributed by atoms with E-state index in [9.17, 15) is 0 Å². The molecule has 0 aromatic carbocycles. The summed E-state index contributed by atoms with van der Waals surface area (Å²) in [6.45, 7) is 24.1. The first kappa shape index (κ1) is 20.3. The number of rotatable bonds is 5. The number of halogens is 1. The number of hydrogen-bond acceptors (Lipinski definition) is 0. The SMILES string of the molecule is CC(C)C1(Cl)CC(C(C)C)(C(C)C)CC(C(C)C)(C(C)C)C1. The Morgan fingerprint density at radius 3 is 0.955 bits per heavy atom. The Kier molecular flexibility index (Phi) is 6.15. The van der Waals surface area contributed by atoms with Crippen LogP contribution in [0.25, 0.3) is 0 Å². The maximum atomic E-state index is 7.35. The molecule has 1 saturated carbocycles. The van der Waals surface area contributed by atoms with E-state index in [2.05, 4.69) is 69.2 Å². The van der Waals surface area contributed by atoms with E-state index in [1.807, 2.05) is 0 Å². The van der Waals surface area contributed by atoms with Crippen LogP contribution in [0.5, 0.6) is 0 Å². The van der Waals surface area contributed by atoms with Crippen molar-refractivity contribution >= 4 is 11.6 Å². The zero-order valence-corrected chi connectivity index (χ0v) is 17.6. The molecule has 1 aliphatic carbocycles. The first-order chi connectivity index (χ1) is 9.84. The highest BCUT2D eigenvalue weighted by atomic mass is 35.5. The van der Waals surface area contributed by atoms with Crippen LogP contribution in [0.4, 0.5) is 0 Å². The van der Waals surface area contributed by atoms with Crippen molar-refractivity contribution in [1.82, 2.24) is 0 Å². The lowest BCUT2D eigenvalue weighted by molar-refractivity contribution is -0.0894. The highest BCUT2D eigenvalue weighted by Crippen LogP contribution is 2.65. The lowest BCUT2D eigenvalue weighted by atomic mass is 9.45. The van der Waals surface area contributed by atoms with Crippen LogP contribution in [0, 0.1) is 40.4 Å². The van der Waals surface area contributed by atoms with Crippen molar-refractivity contribution in [3.63, 3.8) is 0 Å². The fourth-order valence-corrected chi connectivity index (χ4v) is 5.77. The Labute approximate surface area is 145 Å². The molecule has 132 valence electrons. The molecule has 0 unspecified atom stereocenters. The van der Waals surface area contributed by atoms with Gasteiger partial charge in [0.2, 0.25) is 0 Å². The van der Waals surface area contributed by atoms with Crippen LogP contribution in [0.3, 0.4) is 0 Å². The standard InChI is InChI=1S/C21H41Cl/c1-14(2)19(15(3)4)11-20(16(5)6,17(7)8)13-21(22,12-19)18(9)10/h14-18H,11-13H2,1-10H3. The molecule has 0 aliphatic heterocycles. The van der Waals surface area contributed by atoms with Crippen LogP contribution in [0.2, 0.25) is 0 Å². The largest absolute Gasteiger partial charge is 0.119 e. The van der Waals surface area contributed by atoms with Gasteiger partial charge in [-0.05, 0) is 59.7 Å². The second-order valence-electron chi connectivity index (χ2n) is 9.80. The molecule has 1 aliphatic rings. The van der Waals surface area contributed by atoms with Crippen molar-refractivity contribution < 1.29 is 0 Å². The van der Waals surface area contributed by atoms with Gasteiger partial charge in [-0.25, -0.2) is 0 Å². The van der Waals surface area contributed by atoms with E-state index >= 15 is 0 Å². The van der Waals surface area contributed by atoms with Crippen molar-refractivity contribution in [1.29, 1.82) is 0 Å². The van der Waals surface area contributed by atoms with Gasteiger partial charge in [0.1, 0.15) is 0 Å². The van der Waals surface area contributed by atoms with Crippen molar-refractivity contribution in [3.05, 3.63) is 0 Å². The zero-order chi connectivity index (χ0) is 17.5. The molecule has 0 aromatic heterocycles. The molecule has 0 nitrogen and oxygen atoms in total. The molecule has 0 N–H and O–H groups in total. The molecule has 0 saturated heterocycles. The number of alkyl halides is 1. The van der Waals surface area contributed by atoms with E-state index in [1.165, 1.54) is 19.3 Å². The van der Waals surface area contributed by atoms with Gasteiger partial charge in [0, 0.05) is 4.87 Å². The highest BCUT2D eigenvalue weighted by Gasteiger charge is 2.58. The van der Waals surface area contributed by atoms with Gasteiger partial charge in [0.25, 0.3) is 0 Å². The maximum Gasteiger partial charge on any atom is 0.0480 e. The minimum atomic E-state index is -0.0542. The molecule has 1 fully saturated rings. The third-order valence-corrected chi connectivity index (χ3v) is 8.24. The van der Waals surface area contributed by atoms with Crippen molar-refractivity contribution in [3.8, 4) is 0 Å². The molecule has 0 aromatic rings. The molecule has 0 amide bonds. The molecular weight excluding hydrogens is 288 g/mol. The van der Waals surface area contributed by atoms with Crippen LogP contribution in [0.1, 0.15) is 88.5 Å². The van der Waals surface area contributed by atoms with Crippen LogP contribution in [-0.4, -0.2) is 4.87 Å². The third kappa shape index (κ3) is 3.24. The summed E-state index contributed by atoms with van der Waals surface area (Å²) in [7, 11) is 0. The third-order valence-electron chi connectivity index (χ3n) is 7.54. The Balaban J connectivity index is 3.51. The van der Waals surface area contributed by atoms with Crippen molar-refractivity contribution in [2.24, 2.45) is 40.4 Å². The molecule has 22 heavy (non-hydrogen) atoms. The summed E-state index contributed by atoms with van der Waals surface area (Å²) in [5, 5.41) is 0. The summed E-state index contributed by atoms with van der Waals surface area (Å²) in [4.78, 5) is -0.0542. The van der Waals surface area contributed by atoms with E-state index in [-0.39, 0.29) is 4.87 Å². The van der Waals surface area contributed by atoms with Crippen LogP contribution in [-0.2, 0) is 0 Å². The molecule has 1 rings (SSSR count). The van der Waals surface area contributed by atoms with E-state index in [0.29, 0.717) is 40.4 Å². The van der Waals surface area contributed by atoms with Crippen molar-refractivity contribution in [2.75, 3.05) is 0 Å².